The fourth-order valence-corrected chi connectivity index (χ4v) is 1.74. The molecule has 1 unspecified atom stereocenters. The number of carbonyl (C=O) groups excluding carboxylic acids is 2. The number of urea groups is 1. The highest BCUT2D eigenvalue weighted by Crippen LogP contribution is 2.08. The van der Waals surface area contributed by atoms with Gasteiger partial charge in [-0.1, -0.05) is 13.8 Å². The molecule has 7 nitrogen and oxygen atoms in total. The van der Waals surface area contributed by atoms with Crippen molar-refractivity contribution in [1.82, 2.24) is 15.2 Å². The van der Waals surface area contributed by atoms with Crippen LogP contribution < -0.4 is 10.6 Å². The minimum atomic E-state index is -0.744. The Morgan fingerprint density at radius 2 is 2.19 bits per heavy atom. The minimum Gasteiger partial charge on any atom is -0.326 e. The molecule has 2 N–H and O–H groups in total. The Balaban J connectivity index is 2.70. The monoisotopic (exact) mass is 289 g/mol. The highest BCUT2D eigenvalue weighted by atomic mass is 16.2. The Bertz CT molecular complexity index is 524. The van der Waals surface area contributed by atoms with Gasteiger partial charge in [0.15, 0.2) is 6.19 Å². The second-order valence-electron chi connectivity index (χ2n) is 5.02. The van der Waals surface area contributed by atoms with Gasteiger partial charge in [-0.2, -0.15) is 5.26 Å². The molecule has 21 heavy (non-hydrogen) atoms. The molecule has 1 aromatic heterocycles. The number of carbonyl (C=O) groups is 2. The summed E-state index contributed by atoms with van der Waals surface area (Å²) < 4.78 is 0. The van der Waals surface area contributed by atoms with Crippen LogP contribution in [0.2, 0.25) is 0 Å². The van der Waals surface area contributed by atoms with Crippen molar-refractivity contribution in [1.29, 1.82) is 5.26 Å². The number of amides is 3. The topological polar surface area (TPSA) is 98.1 Å². The number of nitrogens with one attached hydrogen (secondary N) is 2. The summed E-state index contributed by atoms with van der Waals surface area (Å²) in [6.45, 7) is 3.88. The predicted octanol–water partition coefficient (Wildman–Crippen LogP) is 1.56. The van der Waals surface area contributed by atoms with E-state index in [1.165, 1.54) is 13.2 Å². The summed E-state index contributed by atoms with van der Waals surface area (Å²) in [6, 6.07) is 2.13. The molecule has 0 aliphatic carbocycles. The van der Waals surface area contributed by atoms with Crippen LogP contribution in [0.3, 0.4) is 0 Å². The molecule has 0 saturated carbocycles. The summed E-state index contributed by atoms with van der Waals surface area (Å²) in [7, 11) is 1.37. The third-order valence-electron chi connectivity index (χ3n) is 2.71. The number of pyridine rings is 1. The Morgan fingerprint density at radius 1 is 1.48 bits per heavy atom. The average Bonchev–Trinajstić information content (AvgIpc) is 2.45. The van der Waals surface area contributed by atoms with Crippen molar-refractivity contribution in [3.05, 3.63) is 24.5 Å². The van der Waals surface area contributed by atoms with Gasteiger partial charge in [0.05, 0.1) is 11.9 Å². The second kappa shape index (κ2) is 7.85. The summed E-state index contributed by atoms with van der Waals surface area (Å²) in [6.07, 6.45) is 5.29. The van der Waals surface area contributed by atoms with Crippen LogP contribution in [0, 0.1) is 17.4 Å². The molecule has 0 saturated heterocycles. The molecular weight excluding hydrogens is 270 g/mol. The lowest BCUT2D eigenvalue weighted by atomic mass is 10.0. The maximum Gasteiger partial charge on any atom is 0.319 e. The summed E-state index contributed by atoms with van der Waals surface area (Å²) >= 11 is 0. The Hall–Kier alpha value is -2.62. The molecule has 1 rings (SSSR count). The van der Waals surface area contributed by atoms with Crippen LogP contribution in [-0.2, 0) is 4.79 Å². The van der Waals surface area contributed by atoms with Gasteiger partial charge >= 0.3 is 6.03 Å². The van der Waals surface area contributed by atoms with Gasteiger partial charge in [-0.15, -0.1) is 0 Å². The first-order chi connectivity index (χ1) is 9.93. The maximum atomic E-state index is 12.0. The Morgan fingerprint density at radius 3 is 2.71 bits per heavy atom. The van der Waals surface area contributed by atoms with E-state index in [2.05, 4.69) is 15.6 Å². The Labute approximate surface area is 124 Å². The molecular formula is C14H19N5O2. The third kappa shape index (κ3) is 5.48. The lowest BCUT2D eigenvalue weighted by molar-refractivity contribution is -0.129. The van der Waals surface area contributed by atoms with E-state index in [9.17, 15) is 9.59 Å². The van der Waals surface area contributed by atoms with Crippen LogP contribution in [0.4, 0.5) is 10.5 Å². The number of hydrogen-bond donors (Lipinski definition) is 2. The first kappa shape index (κ1) is 16.4. The molecule has 0 fully saturated rings. The van der Waals surface area contributed by atoms with Crippen molar-refractivity contribution in [2.24, 2.45) is 5.92 Å². The molecule has 3 amide bonds. The number of rotatable bonds is 5. The third-order valence-corrected chi connectivity index (χ3v) is 2.71. The predicted molar refractivity (Wildman–Crippen MR) is 78.0 cm³/mol. The molecule has 0 aliphatic heterocycles. The zero-order chi connectivity index (χ0) is 15.8. The molecule has 0 aromatic carbocycles. The fraction of sp³-hybridized carbons (Fsp3) is 0.429. The smallest absolute Gasteiger partial charge is 0.319 e. The van der Waals surface area contributed by atoms with Crippen molar-refractivity contribution >= 4 is 17.6 Å². The quantitative estimate of drug-likeness (QED) is 0.634. The molecule has 0 radical (unpaired) electrons. The van der Waals surface area contributed by atoms with E-state index in [4.69, 9.17) is 5.26 Å². The minimum absolute atomic E-state index is 0.199. The average molecular weight is 289 g/mol. The summed E-state index contributed by atoms with van der Waals surface area (Å²) in [5.41, 5.74) is 0.527. The van der Waals surface area contributed by atoms with Crippen LogP contribution in [0.15, 0.2) is 24.5 Å². The molecule has 1 atom stereocenters. The van der Waals surface area contributed by atoms with Crippen LogP contribution in [0.25, 0.3) is 0 Å². The molecule has 1 heterocycles. The van der Waals surface area contributed by atoms with E-state index in [1.54, 1.807) is 24.5 Å². The van der Waals surface area contributed by atoms with Crippen molar-refractivity contribution in [2.75, 3.05) is 12.4 Å². The van der Waals surface area contributed by atoms with Gasteiger partial charge in [-0.05, 0) is 24.5 Å². The van der Waals surface area contributed by atoms with Crippen molar-refractivity contribution in [3.63, 3.8) is 0 Å². The van der Waals surface area contributed by atoms with Crippen LogP contribution in [0.5, 0.6) is 0 Å². The summed E-state index contributed by atoms with van der Waals surface area (Å²) in [5.74, 6) is -0.239. The van der Waals surface area contributed by atoms with Crippen molar-refractivity contribution in [2.45, 2.75) is 26.3 Å². The molecule has 1 aromatic rings. The number of nitriles is 1. The normalized spacial score (nSPS) is 11.4. The first-order valence-electron chi connectivity index (χ1n) is 6.59. The van der Waals surface area contributed by atoms with Gasteiger partial charge in [-0.25, -0.2) is 4.79 Å². The number of aromatic nitrogens is 1. The molecule has 0 aliphatic rings. The highest BCUT2D eigenvalue weighted by Gasteiger charge is 2.25. The maximum absolute atomic E-state index is 12.0. The molecule has 0 spiro atoms. The number of nitrogens with zero attached hydrogens (tertiary/aromatic N) is 3. The number of anilines is 1. The number of likely N-dealkylation sites (N-methyl/N-ethyl adjacent to an activating group) is 1. The standard InChI is InChI=1S/C14H19N5O2/c1-10(2)7-12(13(20)19(3)9-15)18-14(21)17-11-5-4-6-16-8-11/h4-6,8,10,12H,7H2,1-3H3,(H2,17,18,21). The largest absolute Gasteiger partial charge is 0.326 e. The van der Waals surface area contributed by atoms with Gasteiger partial charge in [0.1, 0.15) is 6.04 Å². The van der Waals surface area contributed by atoms with Gasteiger partial charge in [-0.3, -0.25) is 14.7 Å². The summed E-state index contributed by atoms with van der Waals surface area (Å²) in [5, 5.41) is 14.0. The van der Waals surface area contributed by atoms with E-state index < -0.39 is 18.0 Å². The van der Waals surface area contributed by atoms with E-state index in [0.29, 0.717) is 12.1 Å². The summed E-state index contributed by atoms with van der Waals surface area (Å²) in [4.78, 5) is 28.8. The second-order valence-corrected chi connectivity index (χ2v) is 5.02. The lowest BCUT2D eigenvalue weighted by Gasteiger charge is -2.21. The van der Waals surface area contributed by atoms with Crippen molar-refractivity contribution in [3.8, 4) is 6.19 Å². The van der Waals surface area contributed by atoms with Gasteiger partial charge in [0.2, 0.25) is 0 Å². The highest BCUT2D eigenvalue weighted by molar-refractivity contribution is 5.93. The zero-order valence-electron chi connectivity index (χ0n) is 12.3. The van der Waals surface area contributed by atoms with Crippen LogP contribution in [-0.4, -0.2) is 34.9 Å². The number of hydrogen-bond acceptors (Lipinski definition) is 4. The molecule has 112 valence electrons. The van der Waals surface area contributed by atoms with E-state index in [-0.39, 0.29) is 5.92 Å². The fourth-order valence-electron chi connectivity index (χ4n) is 1.74. The lowest BCUT2D eigenvalue weighted by Crippen LogP contribution is -2.48. The van der Waals surface area contributed by atoms with Crippen LogP contribution >= 0.6 is 0 Å². The SMILES string of the molecule is CC(C)CC(NC(=O)Nc1cccnc1)C(=O)N(C)C#N. The van der Waals surface area contributed by atoms with Gasteiger partial charge in [0, 0.05) is 13.2 Å². The van der Waals surface area contributed by atoms with Gasteiger partial charge in [0.25, 0.3) is 5.91 Å². The Kier molecular flexibility index (Phi) is 6.14. The van der Waals surface area contributed by atoms with Crippen LogP contribution in [0.1, 0.15) is 20.3 Å². The zero-order valence-corrected chi connectivity index (χ0v) is 12.3. The van der Waals surface area contributed by atoms with E-state index >= 15 is 0 Å². The molecule has 0 bridgehead atoms. The van der Waals surface area contributed by atoms with E-state index in [0.717, 1.165) is 4.90 Å². The molecule has 7 heteroatoms. The van der Waals surface area contributed by atoms with Gasteiger partial charge < -0.3 is 10.6 Å². The van der Waals surface area contributed by atoms with E-state index in [1.807, 2.05) is 13.8 Å². The van der Waals surface area contributed by atoms with Crippen molar-refractivity contribution < 1.29 is 9.59 Å². The first-order valence-corrected chi connectivity index (χ1v) is 6.59.